The first-order chi connectivity index (χ1) is 7.98. The van der Waals surface area contributed by atoms with Crippen molar-refractivity contribution in [2.24, 2.45) is 5.41 Å². The van der Waals surface area contributed by atoms with Crippen molar-refractivity contribution in [2.45, 2.75) is 25.7 Å². The Morgan fingerprint density at radius 3 is 2.35 bits per heavy atom. The molecule has 0 aliphatic carbocycles. The van der Waals surface area contributed by atoms with Gasteiger partial charge in [-0.15, -0.1) is 11.8 Å². The van der Waals surface area contributed by atoms with Crippen molar-refractivity contribution in [1.82, 2.24) is 0 Å². The average Bonchev–Trinajstić information content (AvgIpc) is 2.30. The van der Waals surface area contributed by atoms with Crippen molar-refractivity contribution in [1.29, 1.82) is 5.26 Å². The molecule has 1 aromatic rings. The molecule has 1 rings (SSSR count). The molecule has 3 heteroatoms. The van der Waals surface area contributed by atoms with Gasteiger partial charge >= 0.3 is 0 Å². The largest absolute Gasteiger partial charge is 0.373 e. The lowest BCUT2D eigenvalue weighted by molar-refractivity contribution is 0.497. The van der Waals surface area contributed by atoms with Crippen LogP contribution in [-0.2, 0) is 0 Å². The second kappa shape index (κ2) is 5.97. The molecule has 0 saturated heterocycles. The molecule has 0 aliphatic heterocycles. The highest BCUT2D eigenvalue weighted by Gasteiger charge is 2.19. The Morgan fingerprint density at radius 1 is 1.29 bits per heavy atom. The standard InChI is InChI=1S/C14H20N2S/c1-5-17-13-8-6-12(7-9-13)16(4)11-14(2,3)10-15/h6-9H,5,11H2,1-4H3. The first-order valence-electron chi connectivity index (χ1n) is 5.84. The summed E-state index contributed by atoms with van der Waals surface area (Å²) < 4.78 is 0. The summed E-state index contributed by atoms with van der Waals surface area (Å²) in [5.41, 5.74) is 0.847. The average molecular weight is 248 g/mol. The van der Waals surface area contributed by atoms with Crippen LogP contribution in [-0.4, -0.2) is 19.3 Å². The summed E-state index contributed by atoms with van der Waals surface area (Å²) in [6.07, 6.45) is 0. The molecule has 0 aliphatic rings. The van der Waals surface area contributed by atoms with E-state index in [1.807, 2.05) is 32.7 Å². The van der Waals surface area contributed by atoms with Crippen LogP contribution in [0.5, 0.6) is 0 Å². The Bertz CT molecular complexity index is 390. The van der Waals surface area contributed by atoms with E-state index < -0.39 is 0 Å². The Kier molecular flexibility index (Phi) is 4.89. The molecule has 0 heterocycles. The predicted molar refractivity (Wildman–Crippen MR) is 75.5 cm³/mol. The fourth-order valence-corrected chi connectivity index (χ4v) is 2.34. The Morgan fingerprint density at radius 2 is 1.88 bits per heavy atom. The van der Waals surface area contributed by atoms with Gasteiger partial charge in [-0.3, -0.25) is 0 Å². The SMILES string of the molecule is CCSc1ccc(N(C)CC(C)(C)C#N)cc1. The van der Waals surface area contributed by atoms with E-state index in [9.17, 15) is 0 Å². The molecule has 0 aromatic heterocycles. The summed E-state index contributed by atoms with van der Waals surface area (Å²) in [6.45, 7) is 6.82. The van der Waals surface area contributed by atoms with Crippen LogP contribution in [0.1, 0.15) is 20.8 Å². The molecule has 0 radical (unpaired) electrons. The number of nitriles is 1. The smallest absolute Gasteiger partial charge is 0.0702 e. The summed E-state index contributed by atoms with van der Waals surface area (Å²) in [7, 11) is 2.03. The summed E-state index contributed by atoms with van der Waals surface area (Å²) in [5, 5.41) is 9.02. The van der Waals surface area contributed by atoms with Crippen molar-refractivity contribution >= 4 is 17.4 Å². The summed E-state index contributed by atoms with van der Waals surface area (Å²) >= 11 is 1.84. The topological polar surface area (TPSA) is 27.0 Å². The van der Waals surface area contributed by atoms with Crippen LogP contribution < -0.4 is 4.90 Å². The van der Waals surface area contributed by atoms with Crippen LogP contribution in [0.4, 0.5) is 5.69 Å². The van der Waals surface area contributed by atoms with Gasteiger partial charge in [0.05, 0.1) is 11.5 Å². The van der Waals surface area contributed by atoms with Crippen molar-refractivity contribution in [3.63, 3.8) is 0 Å². The van der Waals surface area contributed by atoms with Gasteiger partial charge in [0, 0.05) is 24.2 Å². The van der Waals surface area contributed by atoms with Crippen LogP contribution >= 0.6 is 11.8 Å². The molecule has 0 saturated carbocycles. The highest BCUT2D eigenvalue weighted by molar-refractivity contribution is 7.99. The summed E-state index contributed by atoms with van der Waals surface area (Å²) in [5.74, 6) is 1.09. The number of rotatable bonds is 5. The van der Waals surface area contributed by atoms with Crippen LogP contribution in [0.25, 0.3) is 0 Å². The van der Waals surface area contributed by atoms with E-state index in [0.29, 0.717) is 0 Å². The second-order valence-corrected chi connectivity index (χ2v) is 6.12. The quantitative estimate of drug-likeness (QED) is 0.742. The van der Waals surface area contributed by atoms with Gasteiger partial charge in [0.25, 0.3) is 0 Å². The Hall–Kier alpha value is -1.14. The molecule has 2 nitrogen and oxygen atoms in total. The van der Waals surface area contributed by atoms with E-state index in [4.69, 9.17) is 5.26 Å². The van der Waals surface area contributed by atoms with Crippen molar-refractivity contribution in [3.8, 4) is 6.07 Å². The van der Waals surface area contributed by atoms with Gasteiger partial charge < -0.3 is 4.90 Å². The number of anilines is 1. The molecule has 0 bridgehead atoms. The lowest BCUT2D eigenvalue weighted by atomic mass is 9.95. The number of nitrogens with zero attached hydrogens (tertiary/aromatic N) is 2. The summed E-state index contributed by atoms with van der Waals surface area (Å²) in [4.78, 5) is 3.42. The van der Waals surface area contributed by atoms with Crippen LogP contribution in [0.2, 0.25) is 0 Å². The zero-order valence-electron chi connectivity index (χ0n) is 11.0. The van der Waals surface area contributed by atoms with E-state index in [2.05, 4.69) is 42.2 Å². The molecular weight excluding hydrogens is 228 g/mol. The molecule has 92 valence electrons. The van der Waals surface area contributed by atoms with Crippen LogP contribution in [0.3, 0.4) is 0 Å². The van der Waals surface area contributed by atoms with E-state index >= 15 is 0 Å². The zero-order valence-corrected chi connectivity index (χ0v) is 11.8. The molecule has 0 unspecified atom stereocenters. The minimum atomic E-state index is -0.314. The third-order valence-corrected chi connectivity index (χ3v) is 3.42. The highest BCUT2D eigenvalue weighted by Crippen LogP contribution is 2.24. The molecule has 0 N–H and O–H groups in total. The van der Waals surface area contributed by atoms with Crippen LogP contribution in [0, 0.1) is 16.7 Å². The minimum absolute atomic E-state index is 0.314. The van der Waals surface area contributed by atoms with Gasteiger partial charge in [0.15, 0.2) is 0 Å². The van der Waals surface area contributed by atoms with Gasteiger partial charge in [0.2, 0.25) is 0 Å². The monoisotopic (exact) mass is 248 g/mol. The number of benzene rings is 1. The number of hydrogen-bond acceptors (Lipinski definition) is 3. The fraction of sp³-hybridized carbons (Fsp3) is 0.500. The van der Waals surface area contributed by atoms with E-state index in [0.717, 1.165) is 18.0 Å². The highest BCUT2D eigenvalue weighted by atomic mass is 32.2. The van der Waals surface area contributed by atoms with E-state index in [1.165, 1.54) is 4.90 Å². The van der Waals surface area contributed by atoms with E-state index in [1.54, 1.807) is 0 Å². The molecule has 0 amide bonds. The van der Waals surface area contributed by atoms with Gasteiger partial charge in [-0.2, -0.15) is 5.26 Å². The maximum absolute atomic E-state index is 9.02. The fourth-order valence-electron chi connectivity index (χ4n) is 1.68. The maximum Gasteiger partial charge on any atom is 0.0702 e. The Labute approximate surface area is 109 Å². The second-order valence-electron chi connectivity index (χ2n) is 4.78. The lowest BCUT2D eigenvalue weighted by Crippen LogP contribution is -2.30. The molecule has 17 heavy (non-hydrogen) atoms. The zero-order chi connectivity index (χ0) is 12.9. The van der Waals surface area contributed by atoms with Crippen molar-refractivity contribution < 1.29 is 0 Å². The van der Waals surface area contributed by atoms with E-state index in [-0.39, 0.29) is 5.41 Å². The van der Waals surface area contributed by atoms with Gasteiger partial charge in [-0.25, -0.2) is 0 Å². The van der Waals surface area contributed by atoms with Gasteiger partial charge in [-0.1, -0.05) is 6.92 Å². The van der Waals surface area contributed by atoms with Crippen molar-refractivity contribution in [2.75, 3.05) is 24.2 Å². The summed E-state index contributed by atoms with van der Waals surface area (Å²) in [6, 6.07) is 10.8. The predicted octanol–water partition coefficient (Wildman–Crippen LogP) is 3.78. The van der Waals surface area contributed by atoms with Crippen molar-refractivity contribution in [3.05, 3.63) is 24.3 Å². The molecule has 0 spiro atoms. The molecule has 0 fully saturated rings. The van der Waals surface area contributed by atoms with Gasteiger partial charge in [0.1, 0.15) is 0 Å². The molecule has 1 aromatic carbocycles. The maximum atomic E-state index is 9.02. The minimum Gasteiger partial charge on any atom is -0.373 e. The normalized spacial score (nSPS) is 11.0. The number of hydrogen-bond donors (Lipinski definition) is 0. The Balaban J connectivity index is 2.70. The first-order valence-corrected chi connectivity index (χ1v) is 6.82. The number of thioether (sulfide) groups is 1. The molecular formula is C14H20N2S. The molecule has 0 atom stereocenters. The third kappa shape index (κ3) is 4.32. The lowest BCUT2D eigenvalue weighted by Gasteiger charge is -2.26. The van der Waals surface area contributed by atoms with Gasteiger partial charge in [-0.05, 0) is 43.9 Å². The first kappa shape index (κ1) is 13.9. The third-order valence-electron chi connectivity index (χ3n) is 2.52. The van der Waals surface area contributed by atoms with Crippen LogP contribution in [0.15, 0.2) is 29.2 Å².